The Hall–Kier alpha value is -0.250. The number of hydrogen-bond acceptors (Lipinski definition) is 3. The SMILES string of the molecule is CC1C(N)CCC1Sc1ccc(Cl)cn1. The third-order valence-electron chi connectivity index (χ3n) is 3.02. The first-order valence-electron chi connectivity index (χ1n) is 5.20. The molecular formula is C11H15ClN2S. The first kappa shape index (κ1) is 11.2. The van der Waals surface area contributed by atoms with Crippen LogP contribution < -0.4 is 5.73 Å². The van der Waals surface area contributed by atoms with E-state index in [4.69, 9.17) is 17.3 Å². The van der Waals surface area contributed by atoms with Gasteiger partial charge in [0.25, 0.3) is 0 Å². The second-order valence-electron chi connectivity index (χ2n) is 4.07. The van der Waals surface area contributed by atoms with E-state index in [0.29, 0.717) is 22.2 Å². The average molecular weight is 243 g/mol. The second kappa shape index (κ2) is 4.73. The van der Waals surface area contributed by atoms with Crippen LogP contribution >= 0.6 is 23.4 Å². The molecule has 2 rings (SSSR count). The van der Waals surface area contributed by atoms with Gasteiger partial charge in [0.05, 0.1) is 10.0 Å². The van der Waals surface area contributed by atoms with Gasteiger partial charge in [-0.15, -0.1) is 11.8 Å². The maximum atomic E-state index is 5.99. The molecule has 0 saturated heterocycles. The number of hydrogen-bond donors (Lipinski definition) is 1. The summed E-state index contributed by atoms with van der Waals surface area (Å²) < 4.78 is 0. The highest BCUT2D eigenvalue weighted by molar-refractivity contribution is 7.99. The molecule has 4 heteroatoms. The molecule has 15 heavy (non-hydrogen) atoms. The zero-order valence-corrected chi connectivity index (χ0v) is 10.3. The van der Waals surface area contributed by atoms with Crippen molar-refractivity contribution in [1.82, 2.24) is 4.98 Å². The Bertz CT molecular complexity index is 328. The summed E-state index contributed by atoms with van der Waals surface area (Å²) in [5.74, 6) is 0.576. The summed E-state index contributed by atoms with van der Waals surface area (Å²) in [6.07, 6.45) is 4.02. The van der Waals surface area contributed by atoms with E-state index in [1.54, 1.807) is 6.20 Å². The van der Waals surface area contributed by atoms with Crippen molar-refractivity contribution < 1.29 is 0 Å². The van der Waals surface area contributed by atoms with E-state index in [1.807, 2.05) is 23.9 Å². The molecule has 0 spiro atoms. The fourth-order valence-corrected chi connectivity index (χ4v) is 3.26. The Morgan fingerprint density at radius 1 is 1.47 bits per heavy atom. The maximum absolute atomic E-state index is 5.99. The number of aromatic nitrogens is 1. The fraction of sp³-hybridized carbons (Fsp3) is 0.545. The third-order valence-corrected chi connectivity index (χ3v) is 4.69. The lowest BCUT2D eigenvalue weighted by molar-refractivity contribution is 0.535. The van der Waals surface area contributed by atoms with Gasteiger partial charge in [0.2, 0.25) is 0 Å². The highest BCUT2D eigenvalue weighted by Gasteiger charge is 2.31. The molecule has 1 aromatic rings. The van der Waals surface area contributed by atoms with Crippen molar-refractivity contribution in [3.8, 4) is 0 Å². The van der Waals surface area contributed by atoms with E-state index in [9.17, 15) is 0 Å². The van der Waals surface area contributed by atoms with Gasteiger partial charge in [-0.3, -0.25) is 0 Å². The molecule has 2 nitrogen and oxygen atoms in total. The second-order valence-corrected chi connectivity index (χ2v) is 5.77. The lowest BCUT2D eigenvalue weighted by Crippen LogP contribution is -2.26. The molecule has 3 atom stereocenters. The molecular weight excluding hydrogens is 228 g/mol. The summed E-state index contributed by atoms with van der Waals surface area (Å²) in [5.41, 5.74) is 5.99. The normalized spacial score (nSPS) is 30.7. The van der Waals surface area contributed by atoms with Gasteiger partial charge in [-0.05, 0) is 30.9 Å². The van der Waals surface area contributed by atoms with E-state index < -0.39 is 0 Å². The predicted octanol–water partition coefficient (Wildman–Crippen LogP) is 2.95. The summed E-state index contributed by atoms with van der Waals surface area (Å²) in [6, 6.07) is 4.22. The molecule has 0 aliphatic heterocycles. The molecule has 1 aromatic heterocycles. The Labute approximate surface area is 99.6 Å². The van der Waals surface area contributed by atoms with Crippen LogP contribution in [0.25, 0.3) is 0 Å². The zero-order chi connectivity index (χ0) is 10.8. The highest BCUT2D eigenvalue weighted by Crippen LogP contribution is 2.37. The number of nitrogens with zero attached hydrogens (tertiary/aromatic N) is 1. The van der Waals surface area contributed by atoms with Crippen LogP contribution in [-0.2, 0) is 0 Å². The van der Waals surface area contributed by atoms with Crippen molar-refractivity contribution in [1.29, 1.82) is 0 Å². The number of thioether (sulfide) groups is 1. The third kappa shape index (κ3) is 2.65. The average Bonchev–Trinajstić information content (AvgIpc) is 2.53. The quantitative estimate of drug-likeness (QED) is 0.867. The maximum Gasteiger partial charge on any atom is 0.0963 e. The summed E-state index contributed by atoms with van der Waals surface area (Å²) in [7, 11) is 0. The minimum Gasteiger partial charge on any atom is -0.327 e. The molecule has 1 aliphatic rings. The molecule has 1 heterocycles. The first-order valence-corrected chi connectivity index (χ1v) is 6.46. The van der Waals surface area contributed by atoms with E-state index in [-0.39, 0.29) is 0 Å². The number of halogens is 1. The Kier molecular flexibility index (Phi) is 3.54. The van der Waals surface area contributed by atoms with Crippen LogP contribution in [0.4, 0.5) is 0 Å². The van der Waals surface area contributed by atoms with E-state index in [2.05, 4.69) is 11.9 Å². The number of nitrogens with two attached hydrogens (primary N) is 1. The molecule has 0 bridgehead atoms. The largest absolute Gasteiger partial charge is 0.327 e. The molecule has 1 saturated carbocycles. The molecule has 0 aromatic carbocycles. The van der Waals surface area contributed by atoms with E-state index in [0.717, 1.165) is 11.4 Å². The van der Waals surface area contributed by atoms with Crippen molar-refractivity contribution in [2.24, 2.45) is 11.7 Å². The summed E-state index contributed by atoms with van der Waals surface area (Å²) in [6.45, 7) is 2.23. The molecule has 0 amide bonds. The summed E-state index contributed by atoms with van der Waals surface area (Å²) >= 11 is 7.61. The molecule has 1 fully saturated rings. The molecule has 1 aliphatic carbocycles. The highest BCUT2D eigenvalue weighted by atomic mass is 35.5. The van der Waals surface area contributed by atoms with Gasteiger partial charge in [-0.2, -0.15) is 0 Å². The van der Waals surface area contributed by atoms with Crippen LogP contribution in [0, 0.1) is 5.92 Å². The van der Waals surface area contributed by atoms with Crippen molar-refractivity contribution in [2.45, 2.75) is 36.1 Å². The van der Waals surface area contributed by atoms with Gasteiger partial charge in [0, 0.05) is 17.5 Å². The van der Waals surface area contributed by atoms with Gasteiger partial charge >= 0.3 is 0 Å². The Morgan fingerprint density at radius 2 is 2.27 bits per heavy atom. The van der Waals surface area contributed by atoms with Gasteiger partial charge in [0.15, 0.2) is 0 Å². The topological polar surface area (TPSA) is 38.9 Å². The molecule has 82 valence electrons. The van der Waals surface area contributed by atoms with Gasteiger partial charge in [0.1, 0.15) is 0 Å². The standard InChI is InChI=1S/C11H15ClN2S/c1-7-9(13)3-4-10(7)15-11-5-2-8(12)6-14-11/h2,5-7,9-10H,3-4,13H2,1H3. The number of pyridine rings is 1. The van der Waals surface area contributed by atoms with Crippen molar-refractivity contribution in [2.75, 3.05) is 0 Å². The molecule has 3 unspecified atom stereocenters. The lowest BCUT2D eigenvalue weighted by atomic mass is 10.1. The first-order chi connectivity index (χ1) is 7.16. The van der Waals surface area contributed by atoms with Gasteiger partial charge in [-0.1, -0.05) is 18.5 Å². The molecule has 0 radical (unpaired) electrons. The lowest BCUT2D eigenvalue weighted by Gasteiger charge is -2.16. The fourth-order valence-electron chi connectivity index (χ4n) is 1.91. The molecule has 2 N–H and O–H groups in total. The van der Waals surface area contributed by atoms with E-state index in [1.165, 1.54) is 6.42 Å². The van der Waals surface area contributed by atoms with Gasteiger partial charge in [-0.25, -0.2) is 4.98 Å². The van der Waals surface area contributed by atoms with Crippen LogP contribution in [0.2, 0.25) is 5.02 Å². The monoisotopic (exact) mass is 242 g/mol. The summed E-state index contributed by atoms with van der Waals surface area (Å²) in [4.78, 5) is 4.29. The Morgan fingerprint density at radius 3 is 2.80 bits per heavy atom. The van der Waals surface area contributed by atoms with Crippen molar-refractivity contribution >= 4 is 23.4 Å². The smallest absolute Gasteiger partial charge is 0.0963 e. The van der Waals surface area contributed by atoms with Crippen LogP contribution in [0.3, 0.4) is 0 Å². The minimum absolute atomic E-state index is 0.356. The zero-order valence-electron chi connectivity index (χ0n) is 8.69. The van der Waals surface area contributed by atoms with Crippen molar-refractivity contribution in [3.05, 3.63) is 23.4 Å². The van der Waals surface area contributed by atoms with Crippen LogP contribution in [0.1, 0.15) is 19.8 Å². The summed E-state index contributed by atoms with van der Waals surface area (Å²) in [5, 5.41) is 2.34. The van der Waals surface area contributed by atoms with Gasteiger partial charge < -0.3 is 5.73 Å². The van der Waals surface area contributed by atoms with Crippen LogP contribution in [-0.4, -0.2) is 16.3 Å². The number of rotatable bonds is 2. The van der Waals surface area contributed by atoms with E-state index >= 15 is 0 Å². The van der Waals surface area contributed by atoms with Crippen LogP contribution in [0.5, 0.6) is 0 Å². The van der Waals surface area contributed by atoms with Crippen LogP contribution in [0.15, 0.2) is 23.4 Å². The van der Waals surface area contributed by atoms with Crippen molar-refractivity contribution in [3.63, 3.8) is 0 Å². The minimum atomic E-state index is 0.356. The predicted molar refractivity (Wildman–Crippen MR) is 65.3 cm³/mol. The Balaban J connectivity index is 2.00.